The number of phenols is 1. The third kappa shape index (κ3) is 3.52. The third-order valence-electron chi connectivity index (χ3n) is 3.47. The molecular formula is C19H16N2O3. The van der Waals surface area contributed by atoms with Gasteiger partial charge >= 0.3 is 0 Å². The summed E-state index contributed by atoms with van der Waals surface area (Å²) in [6, 6.07) is 17.9. The summed E-state index contributed by atoms with van der Waals surface area (Å²) in [5.74, 6) is 0.658. The van der Waals surface area contributed by atoms with Crippen molar-refractivity contribution in [1.29, 1.82) is 0 Å². The number of carbonyl (C=O) groups excluding carboxylic acids is 1. The average molecular weight is 320 g/mol. The van der Waals surface area contributed by atoms with Gasteiger partial charge in [-0.1, -0.05) is 42.0 Å². The molecule has 2 aromatic carbocycles. The van der Waals surface area contributed by atoms with Crippen LogP contribution in [0.3, 0.4) is 0 Å². The van der Waals surface area contributed by atoms with Gasteiger partial charge in [-0.05, 0) is 31.2 Å². The van der Waals surface area contributed by atoms with Crippen molar-refractivity contribution in [2.45, 2.75) is 6.92 Å². The molecule has 2 N–H and O–H groups in total. The van der Waals surface area contributed by atoms with Gasteiger partial charge in [0.05, 0.1) is 11.8 Å². The van der Waals surface area contributed by atoms with Gasteiger partial charge in [0.2, 0.25) is 0 Å². The molecule has 3 aromatic rings. The fourth-order valence-corrected chi connectivity index (χ4v) is 2.18. The molecule has 0 aliphatic heterocycles. The van der Waals surface area contributed by atoms with Gasteiger partial charge in [0.1, 0.15) is 17.3 Å². The molecule has 5 nitrogen and oxygen atoms in total. The first-order chi connectivity index (χ1) is 11.6. The number of amides is 1. The summed E-state index contributed by atoms with van der Waals surface area (Å²) in [6.45, 7) is 2.03. The highest BCUT2D eigenvalue weighted by Gasteiger charge is 2.09. The average Bonchev–Trinajstić information content (AvgIpc) is 3.04. The van der Waals surface area contributed by atoms with E-state index in [1.807, 2.05) is 37.3 Å². The van der Waals surface area contributed by atoms with E-state index in [1.165, 1.54) is 23.9 Å². The van der Waals surface area contributed by atoms with Crippen molar-refractivity contribution in [2.75, 3.05) is 0 Å². The van der Waals surface area contributed by atoms with Gasteiger partial charge in [0.15, 0.2) is 0 Å². The summed E-state index contributed by atoms with van der Waals surface area (Å²) in [5, 5.41) is 13.5. The zero-order chi connectivity index (χ0) is 16.9. The Balaban J connectivity index is 1.66. The fourth-order valence-electron chi connectivity index (χ4n) is 2.18. The van der Waals surface area contributed by atoms with Crippen LogP contribution in [0.25, 0.3) is 11.3 Å². The molecule has 0 unspecified atom stereocenters. The van der Waals surface area contributed by atoms with E-state index in [4.69, 9.17) is 4.42 Å². The Labute approximate surface area is 139 Å². The molecule has 0 bridgehead atoms. The lowest BCUT2D eigenvalue weighted by Gasteiger charge is -2.01. The SMILES string of the molecule is Cc1ccc(-c2ccc(C=NNC(=O)c3ccccc3O)o2)cc1. The Hall–Kier alpha value is -3.34. The number of furan rings is 1. The van der Waals surface area contributed by atoms with Gasteiger partial charge in [0.25, 0.3) is 5.91 Å². The van der Waals surface area contributed by atoms with Crippen molar-refractivity contribution < 1.29 is 14.3 Å². The van der Waals surface area contributed by atoms with Crippen LogP contribution in [0.2, 0.25) is 0 Å². The largest absolute Gasteiger partial charge is 0.507 e. The fraction of sp³-hybridized carbons (Fsp3) is 0.0526. The standard InChI is InChI=1S/C19H16N2O3/c1-13-6-8-14(9-7-13)18-11-10-15(24-18)12-20-21-19(23)16-4-2-3-5-17(16)22/h2-12,22H,1H3,(H,21,23). The number of para-hydroxylation sites is 1. The lowest BCUT2D eigenvalue weighted by molar-refractivity contribution is 0.0952. The van der Waals surface area contributed by atoms with Crippen LogP contribution in [0.5, 0.6) is 5.75 Å². The molecule has 1 heterocycles. The number of rotatable bonds is 4. The van der Waals surface area contributed by atoms with Crippen LogP contribution in [-0.4, -0.2) is 17.2 Å². The Morgan fingerprint density at radius 1 is 1.08 bits per heavy atom. The molecule has 0 aliphatic carbocycles. The smallest absolute Gasteiger partial charge is 0.275 e. The Morgan fingerprint density at radius 3 is 2.58 bits per heavy atom. The molecule has 0 spiro atoms. The van der Waals surface area contributed by atoms with Gasteiger partial charge in [-0.15, -0.1) is 0 Å². The number of phenolic OH excluding ortho intramolecular Hbond substituents is 1. The lowest BCUT2D eigenvalue weighted by Crippen LogP contribution is -2.17. The van der Waals surface area contributed by atoms with Crippen LogP contribution in [0.1, 0.15) is 21.7 Å². The van der Waals surface area contributed by atoms with Gasteiger partial charge in [-0.2, -0.15) is 5.10 Å². The molecule has 0 radical (unpaired) electrons. The van der Waals surface area contributed by atoms with Gasteiger partial charge in [-0.3, -0.25) is 4.79 Å². The van der Waals surface area contributed by atoms with E-state index in [2.05, 4.69) is 10.5 Å². The molecule has 0 aliphatic rings. The first kappa shape index (κ1) is 15.6. The molecule has 5 heteroatoms. The highest BCUT2D eigenvalue weighted by molar-refractivity contribution is 5.97. The molecule has 24 heavy (non-hydrogen) atoms. The molecule has 0 saturated heterocycles. The van der Waals surface area contributed by atoms with Gasteiger partial charge < -0.3 is 9.52 Å². The maximum Gasteiger partial charge on any atom is 0.275 e. The van der Waals surface area contributed by atoms with Crippen molar-refractivity contribution in [3.05, 3.63) is 77.6 Å². The third-order valence-corrected chi connectivity index (χ3v) is 3.47. The van der Waals surface area contributed by atoms with Crippen molar-refractivity contribution in [2.24, 2.45) is 5.10 Å². The topological polar surface area (TPSA) is 74.8 Å². The predicted molar refractivity (Wildman–Crippen MR) is 92.0 cm³/mol. The highest BCUT2D eigenvalue weighted by Crippen LogP contribution is 2.21. The van der Waals surface area contributed by atoms with Gasteiger partial charge in [-0.25, -0.2) is 5.43 Å². The number of hydrogen-bond donors (Lipinski definition) is 2. The number of hydrazone groups is 1. The maximum atomic E-state index is 11.9. The molecule has 0 fully saturated rings. The minimum atomic E-state index is -0.491. The summed E-state index contributed by atoms with van der Waals surface area (Å²) < 4.78 is 5.67. The quantitative estimate of drug-likeness (QED) is 0.568. The summed E-state index contributed by atoms with van der Waals surface area (Å²) in [4.78, 5) is 11.9. The van der Waals surface area contributed by atoms with E-state index in [0.717, 1.165) is 11.3 Å². The minimum absolute atomic E-state index is 0.0927. The maximum absolute atomic E-state index is 11.9. The van der Waals surface area contributed by atoms with Crippen LogP contribution < -0.4 is 5.43 Å². The first-order valence-corrected chi connectivity index (χ1v) is 7.42. The minimum Gasteiger partial charge on any atom is -0.507 e. The second kappa shape index (κ2) is 6.83. The normalized spacial score (nSPS) is 10.9. The zero-order valence-electron chi connectivity index (χ0n) is 13.1. The van der Waals surface area contributed by atoms with Crippen molar-refractivity contribution in [3.63, 3.8) is 0 Å². The van der Waals surface area contributed by atoms with E-state index in [0.29, 0.717) is 5.76 Å². The van der Waals surface area contributed by atoms with Crippen LogP contribution in [0, 0.1) is 6.92 Å². The number of hydrogen-bond acceptors (Lipinski definition) is 4. The summed E-state index contributed by atoms with van der Waals surface area (Å²) >= 11 is 0. The molecule has 3 rings (SSSR count). The molecule has 120 valence electrons. The van der Waals surface area contributed by atoms with Gasteiger partial charge in [0, 0.05) is 5.56 Å². The number of nitrogens with one attached hydrogen (secondary N) is 1. The van der Waals surface area contributed by atoms with E-state index in [1.54, 1.807) is 18.2 Å². The molecule has 1 amide bonds. The van der Waals surface area contributed by atoms with Crippen LogP contribution in [0.15, 0.2) is 70.2 Å². The second-order valence-corrected chi connectivity index (χ2v) is 5.28. The molecule has 1 aromatic heterocycles. The van der Waals surface area contributed by atoms with Crippen LogP contribution in [0.4, 0.5) is 0 Å². The Morgan fingerprint density at radius 2 is 1.83 bits per heavy atom. The van der Waals surface area contributed by atoms with E-state index in [-0.39, 0.29) is 11.3 Å². The number of nitrogens with zero attached hydrogens (tertiary/aromatic N) is 1. The summed E-state index contributed by atoms with van der Waals surface area (Å²) in [6.07, 6.45) is 1.41. The van der Waals surface area contributed by atoms with Crippen molar-refractivity contribution in [1.82, 2.24) is 5.43 Å². The monoisotopic (exact) mass is 320 g/mol. The summed E-state index contributed by atoms with van der Waals surface area (Å²) in [7, 11) is 0. The number of carbonyl (C=O) groups is 1. The Bertz CT molecular complexity index is 880. The summed E-state index contributed by atoms with van der Waals surface area (Å²) in [5.41, 5.74) is 4.67. The first-order valence-electron chi connectivity index (χ1n) is 7.42. The van der Waals surface area contributed by atoms with Crippen LogP contribution in [-0.2, 0) is 0 Å². The van der Waals surface area contributed by atoms with Crippen molar-refractivity contribution >= 4 is 12.1 Å². The zero-order valence-corrected chi connectivity index (χ0v) is 13.1. The second-order valence-electron chi connectivity index (χ2n) is 5.28. The predicted octanol–water partition coefficient (Wildman–Crippen LogP) is 3.72. The van der Waals surface area contributed by atoms with E-state index < -0.39 is 5.91 Å². The highest BCUT2D eigenvalue weighted by atomic mass is 16.3. The van der Waals surface area contributed by atoms with E-state index >= 15 is 0 Å². The van der Waals surface area contributed by atoms with Crippen LogP contribution >= 0.6 is 0 Å². The number of aryl methyl sites for hydroxylation is 1. The van der Waals surface area contributed by atoms with Crippen molar-refractivity contribution in [3.8, 4) is 17.1 Å². The Kier molecular flexibility index (Phi) is 4.43. The lowest BCUT2D eigenvalue weighted by atomic mass is 10.1. The molecule has 0 atom stereocenters. The molecule has 0 saturated carbocycles. The number of aromatic hydroxyl groups is 1. The van der Waals surface area contributed by atoms with E-state index in [9.17, 15) is 9.90 Å². The number of benzene rings is 2. The molecular weight excluding hydrogens is 304 g/mol.